The van der Waals surface area contributed by atoms with Crippen molar-refractivity contribution in [2.45, 2.75) is 0 Å². The van der Waals surface area contributed by atoms with Gasteiger partial charge in [-0.25, -0.2) is 4.79 Å². The van der Waals surface area contributed by atoms with E-state index in [9.17, 15) is 19.8 Å². The molecule has 0 unspecified atom stereocenters. The van der Waals surface area contributed by atoms with E-state index in [2.05, 4.69) is 31.9 Å². The first-order valence-electron chi connectivity index (χ1n) is 9.10. The number of ether oxygens (including phenoxy) is 1. The summed E-state index contributed by atoms with van der Waals surface area (Å²) in [6.45, 7) is 0. The van der Waals surface area contributed by atoms with Gasteiger partial charge in [0.15, 0.2) is 0 Å². The van der Waals surface area contributed by atoms with Crippen molar-refractivity contribution in [1.82, 2.24) is 0 Å². The van der Waals surface area contributed by atoms with Crippen molar-refractivity contribution in [2.75, 3.05) is 0 Å². The Morgan fingerprint density at radius 2 is 1.58 bits per heavy atom. The first-order chi connectivity index (χ1) is 14.8. The summed E-state index contributed by atoms with van der Waals surface area (Å²) in [4.78, 5) is 26.0. The maximum atomic E-state index is 13.3. The number of Topliss-reactive ketones (excluding diaryl/α,β-unsaturated/α-hetero) is 1. The SMILES string of the molecule is O=C1O/C(=C\c2ccc(O)cc2)C(c2ccc(O)c(Br)c2)=C1C(=O)c1ccc(Br)cc1. The number of phenols is 2. The predicted molar refractivity (Wildman–Crippen MR) is 123 cm³/mol. The molecule has 0 fully saturated rings. The zero-order valence-corrected chi connectivity index (χ0v) is 19.0. The molecule has 3 aromatic rings. The maximum absolute atomic E-state index is 13.3. The lowest BCUT2D eigenvalue weighted by Crippen LogP contribution is -2.11. The summed E-state index contributed by atoms with van der Waals surface area (Å²) in [6, 6.07) is 17.7. The highest BCUT2D eigenvalue weighted by Gasteiger charge is 2.36. The van der Waals surface area contributed by atoms with E-state index >= 15 is 0 Å². The van der Waals surface area contributed by atoms with Crippen LogP contribution in [0.2, 0.25) is 0 Å². The van der Waals surface area contributed by atoms with Crippen molar-refractivity contribution in [3.63, 3.8) is 0 Å². The number of carbonyl (C=O) groups is 2. The number of esters is 1. The second kappa shape index (κ2) is 8.53. The van der Waals surface area contributed by atoms with Gasteiger partial charge in [-0.2, -0.15) is 0 Å². The summed E-state index contributed by atoms with van der Waals surface area (Å²) in [6.07, 6.45) is 1.62. The number of rotatable bonds is 4. The van der Waals surface area contributed by atoms with E-state index in [0.717, 1.165) is 4.47 Å². The van der Waals surface area contributed by atoms with Crippen LogP contribution in [0.3, 0.4) is 0 Å². The summed E-state index contributed by atoms with van der Waals surface area (Å²) in [7, 11) is 0. The normalized spacial score (nSPS) is 14.8. The lowest BCUT2D eigenvalue weighted by molar-refractivity contribution is -0.132. The van der Waals surface area contributed by atoms with E-state index in [1.807, 2.05) is 0 Å². The summed E-state index contributed by atoms with van der Waals surface area (Å²) >= 11 is 6.61. The highest BCUT2D eigenvalue weighted by molar-refractivity contribution is 9.10. The van der Waals surface area contributed by atoms with E-state index in [1.54, 1.807) is 54.6 Å². The second-order valence-electron chi connectivity index (χ2n) is 6.74. The Kier molecular flexibility index (Phi) is 5.80. The van der Waals surface area contributed by atoms with Crippen LogP contribution in [-0.2, 0) is 9.53 Å². The minimum absolute atomic E-state index is 0.0273. The Morgan fingerprint density at radius 1 is 0.903 bits per heavy atom. The maximum Gasteiger partial charge on any atom is 0.348 e. The number of aromatic hydroxyl groups is 2. The van der Waals surface area contributed by atoms with Crippen LogP contribution >= 0.6 is 31.9 Å². The molecule has 7 heteroatoms. The van der Waals surface area contributed by atoms with Crippen LogP contribution < -0.4 is 0 Å². The first kappa shape index (κ1) is 21.1. The summed E-state index contributed by atoms with van der Waals surface area (Å²) < 4.78 is 6.71. The van der Waals surface area contributed by atoms with Crippen molar-refractivity contribution >= 4 is 55.3 Å². The molecule has 5 nitrogen and oxygen atoms in total. The molecule has 1 aliphatic rings. The van der Waals surface area contributed by atoms with E-state index in [0.29, 0.717) is 26.7 Å². The molecule has 0 spiro atoms. The molecule has 0 saturated heterocycles. The van der Waals surface area contributed by atoms with Gasteiger partial charge in [0.25, 0.3) is 0 Å². The molecule has 0 amide bonds. The first-order valence-corrected chi connectivity index (χ1v) is 10.7. The van der Waals surface area contributed by atoms with Crippen molar-refractivity contribution < 1.29 is 24.5 Å². The average molecular weight is 542 g/mol. The van der Waals surface area contributed by atoms with E-state index < -0.39 is 11.8 Å². The van der Waals surface area contributed by atoms with Gasteiger partial charge < -0.3 is 14.9 Å². The van der Waals surface area contributed by atoms with Gasteiger partial charge in [-0.15, -0.1) is 0 Å². The number of hydrogen-bond donors (Lipinski definition) is 2. The minimum atomic E-state index is -0.753. The molecular weight excluding hydrogens is 528 g/mol. The van der Waals surface area contributed by atoms with Crippen molar-refractivity contribution in [1.29, 1.82) is 0 Å². The molecule has 4 rings (SSSR count). The summed E-state index contributed by atoms with van der Waals surface area (Å²) in [5.41, 5.74) is 1.78. The van der Waals surface area contributed by atoms with Gasteiger partial charge in [0.2, 0.25) is 5.78 Å². The molecule has 3 aromatic carbocycles. The Bertz CT molecular complexity index is 1260. The lowest BCUT2D eigenvalue weighted by atomic mass is 9.93. The average Bonchev–Trinajstić information content (AvgIpc) is 3.07. The van der Waals surface area contributed by atoms with Gasteiger partial charge in [-0.05, 0) is 81.7 Å². The second-order valence-corrected chi connectivity index (χ2v) is 8.51. The highest BCUT2D eigenvalue weighted by Crippen LogP contribution is 2.39. The summed E-state index contributed by atoms with van der Waals surface area (Å²) in [5, 5.41) is 19.4. The fourth-order valence-electron chi connectivity index (χ4n) is 3.15. The lowest BCUT2D eigenvalue weighted by Gasteiger charge is -2.08. The van der Waals surface area contributed by atoms with Gasteiger partial charge in [0.1, 0.15) is 22.8 Å². The number of ketones is 1. The number of hydrogen-bond acceptors (Lipinski definition) is 5. The topological polar surface area (TPSA) is 83.8 Å². The Balaban J connectivity index is 1.91. The predicted octanol–water partition coefficient (Wildman–Crippen LogP) is 5.86. The van der Waals surface area contributed by atoms with Gasteiger partial charge in [-0.1, -0.05) is 34.1 Å². The molecular formula is C24H14Br2O5. The zero-order valence-electron chi connectivity index (χ0n) is 15.8. The number of allylic oxidation sites excluding steroid dienone is 1. The van der Waals surface area contributed by atoms with Gasteiger partial charge in [0, 0.05) is 15.6 Å². The van der Waals surface area contributed by atoms with Crippen LogP contribution in [0.5, 0.6) is 11.5 Å². The molecule has 1 aliphatic heterocycles. The molecule has 31 heavy (non-hydrogen) atoms. The molecule has 0 aliphatic carbocycles. The number of halogens is 2. The van der Waals surface area contributed by atoms with Crippen LogP contribution in [0.15, 0.2) is 87.0 Å². The molecule has 0 bridgehead atoms. The van der Waals surface area contributed by atoms with E-state index in [4.69, 9.17) is 4.74 Å². The fourth-order valence-corrected chi connectivity index (χ4v) is 3.79. The Labute approximate surface area is 194 Å². The molecule has 0 atom stereocenters. The molecule has 154 valence electrons. The third-order valence-electron chi connectivity index (χ3n) is 4.66. The highest BCUT2D eigenvalue weighted by atomic mass is 79.9. The number of phenolic OH excluding ortho intramolecular Hbond substituents is 2. The Morgan fingerprint density at radius 3 is 2.23 bits per heavy atom. The molecule has 2 N–H and O–H groups in total. The van der Waals surface area contributed by atoms with Crippen LogP contribution in [0.1, 0.15) is 21.5 Å². The van der Waals surface area contributed by atoms with Crippen LogP contribution in [0.25, 0.3) is 11.6 Å². The zero-order chi connectivity index (χ0) is 22.1. The molecule has 0 radical (unpaired) electrons. The largest absolute Gasteiger partial charge is 0.508 e. The summed E-state index contributed by atoms with van der Waals surface area (Å²) in [5.74, 6) is -0.883. The smallest absolute Gasteiger partial charge is 0.348 e. The Hall–Kier alpha value is -3.16. The van der Waals surface area contributed by atoms with Gasteiger partial charge >= 0.3 is 5.97 Å². The number of cyclic esters (lactones) is 1. The van der Waals surface area contributed by atoms with E-state index in [1.165, 1.54) is 18.2 Å². The third kappa shape index (κ3) is 4.33. The fraction of sp³-hybridized carbons (Fsp3) is 0. The number of carbonyl (C=O) groups excluding carboxylic acids is 2. The van der Waals surface area contributed by atoms with Crippen LogP contribution in [0.4, 0.5) is 0 Å². The molecule has 0 saturated carbocycles. The molecule has 1 heterocycles. The van der Waals surface area contributed by atoms with Crippen LogP contribution in [0, 0.1) is 0 Å². The monoisotopic (exact) mass is 540 g/mol. The van der Waals surface area contributed by atoms with Crippen molar-refractivity contribution in [3.8, 4) is 11.5 Å². The molecule has 0 aromatic heterocycles. The van der Waals surface area contributed by atoms with Gasteiger partial charge in [0.05, 0.1) is 4.47 Å². The van der Waals surface area contributed by atoms with E-state index in [-0.39, 0.29) is 22.8 Å². The number of benzene rings is 3. The standard InChI is InChI=1S/C24H14Br2O5/c25-16-6-3-14(4-7-16)23(29)22-21(15-5-10-19(28)18(26)12-15)20(31-24(22)30)11-13-1-8-17(27)9-2-13/h1-12,27-28H/b20-11-. The van der Waals surface area contributed by atoms with Gasteiger partial charge in [-0.3, -0.25) is 4.79 Å². The minimum Gasteiger partial charge on any atom is -0.508 e. The quantitative estimate of drug-likeness (QED) is 0.245. The van der Waals surface area contributed by atoms with Crippen molar-refractivity contribution in [2.24, 2.45) is 0 Å². The van der Waals surface area contributed by atoms with Crippen LogP contribution in [-0.4, -0.2) is 22.0 Å². The van der Waals surface area contributed by atoms with Crippen molar-refractivity contribution in [3.05, 3.63) is 104 Å². The third-order valence-corrected chi connectivity index (χ3v) is 5.83.